The van der Waals surface area contributed by atoms with Crippen molar-refractivity contribution in [3.63, 3.8) is 0 Å². The Hall–Kier alpha value is -3.93. The molecule has 4 aromatic rings. The summed E-state index contributed by atoms with van der Waals surface area (Å²) in [7, 11) is 3.72. The fourth-order valence-electron chi connectivity index (χ4n) is 3.87. The summed E-state index contributed by atoms with van der Waals surface area (Å²) in [5.74, 6) is -0.0788. The van der Waals surface area contributed by atoms with Crippen LogP contribution in [-0.4, -0.2) is 32.5 Å². The number of hydrogen-bond acceptors (Lipinski definition) is 5. The number of hydrogen-bond donors (Lipinski definition) is 3. The smallest absolute Gasteiger partial charge is 0.240 e. The number of carbonyl (C=O) groups excluding carboxylic acids is 1. The van der Waals surface area contributed by atoms with Gasteiger partial charge in [0.25, 0.3) is 0 Å². The zero-order valence-electron chi connectivity index (χ0n) is 17.1. The van der Waals surface area contributed by atoms with Gasteiger partial charge < -0.3 is 20.2 Å². The van der Waals surface area contributed by atoms with Gasteiger partial charge in [-0.1, -0.05) is 0 Å². The summed E-state index contributed by atoms with van der Waals surface area (Å²) in [5, 5.41) is 15.8. The summed E-state index contributed by atoms with van der Waals surface area (Å²) in [6.45, 7) is 0.0241. The van der Waals surface area contributed by atoms with Gasteiger partial charge in [0, 0.05) is 37.3 Å². The summed E-state index contributed by atoms with van der Waals surface area (Å²) in [6, 6.07) is 8.78. The number of rotatable bonds is 5. The lowest BCUT2D eigenvalue weighted by Gasteiger charge is -2.10. The number of amides is 1. The second kappa shape index (κ2) is 6.80. The third-order valence-corrected chi connectivity index (χ3v) is 5.87. The number of nitrogens with one attached hydrogen (secondary N) is 3. The molecular formula is C22H20FN7O. The van der Waals surface area contributed by atoms with Crippen molar-refractivity contribution < 1.29 is 9.18 Å². The van der Waals surface area contributed by atoms with Gasteiger partial charge in [-0.25, -0.2) is 14.4 Å². The molecule has 9 heteroatoms. The summed E-state index contributed by atoms with van der Waals surface area (Å²) in [4.78, 5) is 24.6. The molecule has 0 unspecified atom stereocenters. The fourth-order valence-corrected chi connectivity index (χ4v) is 3.87. The average Bonchev–Trinajstić information content (AvgIpc) is 3.32. The number of aromatic nitrogens is 4. The first kappa shape index (κ1) is 19.1. The van der Waals surface area contributed by atoms with Crippen molar-refractivity contribution in [2.24, 2.45) is 12.5 Å². The summed E-state index contributed by atoms with van der Waals surface area (Å²) >= 11 is 0. The van der Waals surface area contributed by atoms with Gasteiger partial charge in [-0.3, -0.25) is 4.79 Å². The molecule has 1 aliphatic rings. The van der Waals surface area contributed by atoms with Crippen LogP contribution in [-0.2, 0) is 18.4 Å². The highest BCUT2D eigenvalue weighted by molar-refractivity contribution is 6.07. The fraction of sp³-hybridized carbons (Fsp3) is 0.273. The predicted molar refractivity (Wildman–Crippen MR) is 114 cm³/mol. The molecule has 3 N–H and O–H groups in total. The van der Waals surface area contributed by atoms with Gasteiger partial charge >= 0.3 is 0 Å². The van der Waals surface area contributed by atoms with E-state index in [2.05, 4.69) is 31.7 Å². The van der Waals surface area contributed by atoms with Crippen molar-refractivity contribution in [3.8, 4) is 17.3 Å². The SMILES string of the molecule is CNc1nc2[nH]c(-c3ccc(F)c(CNC(=O)C4(C#N)CC4)c3)cc2c2c1ncn2C. The van der Waals surface area contributed by atoms with Crippen molar-refractivity contribution in [2.45, 2.75) is 19.4 Å². The van der Waals surface area contributed by atoms with Crippen molar-refractivity contribution in [3.05, 3.63) is 42.0 Å². The van der Waals surface area contributed by atoms with Crippen LogP contribution in [0.2, 0.25) is 0 Å². The first-order chi connectivity index (χ1) is 15.0. The molecule has 0 atom stereocenters. The number of halogens is 1. The minimum absolute atomic E-state index is 0.0241. The molecule has 156 valence electrons. The van der Waals surface area contributed by atoms with Crippen molar-refractivity contribution in [1.82, 2.24) is 24.8 Å². The van der Waals surface area contributed by atoms with E-state index >= 15 is 0 Å². The molecule has 5 rings (SSSR count). The van der Waals surface area contributed by atoms with Gasteiger partial charge in [-0.05, 0) is 42.7 Å². The number of pyridine rings is 1. The molecule has 0 bridgehead atoms. The summed E-state index contributed by atoms with van der Waals surface area (Å²) in [5.41, 5.74) is 3.38. The maximum Gasteiger partial charge on any atom is 0.240 e. The Morgan fingerprint density at radius 3 is 2.90 bits per heavy atom. The van der Waals surface area contributed by atoms with E-state index in [1.165, 1.54) is 6.07 Å². The largest absolute Gasteiger partial charge is 0.371 e. The van der Waals surface area contributed by atoms with Crippen LogP contribution in [0.3, 0.4) is 0 Å². The zero-order valence-corrected chi connectivity index (χ0v) is 17.1. The van der Waals surface area contributed by atoms with Crippen LogP contribution in [0.4, 0.5) is 10.2 Å². The molecule has 1 fully saturated rings. The van der Waals surface area contributed by atoms with Crippen molar-refractivity contribution in [1.29, 1.82) is 5.26 Å². The normalized spacial score (nSPS) is 14.5. The van der Waals surface area contributed by atoms with Gasteiger partial charge in [-0.15, -0.1) is 0 Å². The lowest BCUT2D eigenvalue weighted by molar-refractivity contribution is -0.124. The van der Waals surface area contributed by atoms with Gasteiger partial charge in [-0.2, -0.15) is 5.26 Å². The highest BCUT2D eigenvalue weighted by Gasteiger charge is 2.50. The second-order valence-corrected chi connectivity index (χ2v) is 7.89. The predicted octanol–water partition coefficient (Wildman–Crippen LogP) is 3.22. The van der Waals surface area contributed by atoms with Gasteiger partial charge in [0.05, 0.1) is 17.9 Å². The molecule has 8 nitrogen and oxygen atoms in total. The minimum Gasteiger partial charge on any atom is -0.371 e. The quantitative estimate of drug-likeness (QED) is 0.462. The lowest BCUT2D eigenvalue weighted by atomic mass is 10.1. The molecule has 0 radical (unpaired) electrons. The molecule has 1 aliphatic carbocycles. The Bertz CT molecular complexity index is 1390. The Labute approximate surface area is 177 Å². The second-order valence-electron chi connectivity index (χ2n) is 7.89. The maximum absolute atomic E-state index is 14.4. The number of anilines is 1. The highest BCUT2D eigenvalue weighted by Crippen LogP contribution is 2.45. The number of benzene rings is 1. The first-order valence-corrected chi connectivity index (χ1v) is 9.95. The number of nitriles is 1. The van der Waals surface area contributed by atoms with E-state index in [9.17, 15) is 9.18 Å². The Morgan fingerprint density at radius 1 is 1.39 bits per heavy atom. The van der Waals surface area contributed by atoms with Gasteiger partial charge in [0.15, 0.2) is 5.82 Å². The van der Waals surface area contributed by atoms with E-state index in [4.69, 9.17) is 5.26 Å². The molecular weight excluding hydrogens is 397 g/mol. The van der Waals surface area contributed by atoms with E-state index in [1.807, 2.05) is 17.7 Å². The minimum atomic E-state index is -0.934. The van der Waals surface area contributed by atoms with Crippen molar-refractivity contribution in [2.75, 3.05) is 12.4 Å². The average molecular weight is 417 g/mol. The van der Waals surface area contributed by atoms with Gasteiger partial charge in [0.1, 0.15) is 22.4 Å². The molecule has 0 spiro atoms. The van der Waals surface area contributed by atoms with Crippen LogP contribution >= 0.6 is 0 Å². The van der Waals surface area contributed by atoms with Crippen LogP contribution in [0.15, 0.2) is 30.6 Å². The number of nitrogens with zero attached hydrogens (tertiary/aromatic N) is 4. The number of imidazole rings is 1. The molecule has 1 amide bonds. The van der Waals surface area contributed by atoms with E-state index in [0.29, 0.717) is 29.9 Å². The molecule has 0 aliphatic heterocycles. The van der Waals surface area contributed by atoms with Crippen LogP contribution in [0.5, 0.6) is 0 Å². The molecule has 3 heterocycles. The van der Waals surface area contributed by atoms with E-state index in [0.717, 1.165) is 27.7 Å². The highest BCUT2D eigenvalue weighted by atomic mass is 19.1. The van der Waals surface area contributed by atoms with E-state index in [1.54, 1.807) is 25.5 Å². The van der Waals surface area contributed by atoms with Gasteiger partial charge in [0.2, 0.25) is 5.91 Å². The third kappa shape index (κ3) is 2.99. The van der Waals surface area contributed by atoms with Crippen LogP contribution < -0.4 is 10.6 Å². The van der Waals surface area contributed by atoms with Crippen molar-refractivity contribution >= 4 is 33.8 Å². The van der Waals surface area contributed by atoms with E-state index < -0.39 is 11.2 Å². The Kier molecular flexibility index (Phi) is 4.18. The topological polar surface area (TPSA) is 111 Å². The molecule has 1 aromatic carbocycles. The molecule has 1 saturated carbocycles. The number of aromatic amines is 1. The van der Waals surface area contributed by atoms with Crippen LogP contribution in [0, 0.1) is 22.6 Å². The van der Waals surface area contributed by atoms with Crippen LogP contribution in [0.1, 0.15) is 18.4 Å². The zero-order chi connectivity index (χ0) is 21.8. The number of H-pyrrole nitrogens is 1. The van der Waals surface area contributed by atoms with E-state index in [-0.39, 0.29) is 12.5 Å². The first-order valence-electron chi connectivity index (χ1n) is 9.95. The summed E-state index contributed by atoms with van der Waals surface area (Å²) < 4.78 is 16.3. The lowest BCUT2D eigenvalue weighted by Crippen LogP contribution is -2.30. The monoisotopic (exact) mass is 417 g/mol. The Balaban J connectivity index is 1.51. The molecule has 3 aromatic heterocycles. The maximum atomic E-state index is 14.4. The molecule has 0 saturated heterocycles. The summed E-state index contributed by atoms with van der Waals surface area (Å²) in [6.07, 6.45) is 2.85. The third-order valence-electron chi connectivity index (χ3n) is 5.87. The standard InChI is InChI=1S/C22H20FN7O/c1-25-20-17-18(30(2)11-27-17)14-8-16(28-19(14)29-20)12-3-4-15(23)13(7-12)9-26-21(31)22(10-24)5-6-22/h3-4,7-8,11H,5-6,9H2,1-2H3,(H,26,31)(H2,25,28,29). The Morgan fingerprint density at radius 2 is 2.19 bits per heavy atom. The number of fused-ring (bicyclic) bond motifs is 3. The number of aryl methyl sites for hydroxylation is 1. The van der Waals surface area contributed by atoms with Crippen LogP contribution in [0.25, 0.3) is 33.3 Å². The number of carbonyl (C=O) groups is 1. The molecule has 31 heavy (non-hydrogen) atoms.